The lowest BCUT2D eigenvalue weighted by Crippen LogP contribution is -2.30. The molecule has 1 unspecified atom stereocenters. The Hall–Kier alpha value is -2.70. The average Bonchev–Trinajstić information content (AvgIpc) is 2.84. The summed E-state index contributed by atoms with van der Waals surface area (Å²) in [5, 5.41) is 9.55. The minimum atomic E-state index is -4.15. The van der Waals surface area contributed by atoms with Crippen molar-refractivity contribution in [1.82, 2.24) is 4.72 Å². The van der Waals surface area contributed by atoms with E-state index in [0.717, 1.165) is 0 Å². The topological polar surface area (TPSA) is 115 Å². The Balaban J connectivity index is 1.90. The number of sulfonamides is 1. The van der Waals surface area contributed by atoms with Crippen molar-refractivity contribution in [2.75, 3.05) is 13.2 Å². The van der Waals surface area contributed by atoms with E-state index in [2.05, 4.69) is 4.72 Å². The molecule has 0 aromatic heterocycles. The van der Waals surface area contributed by atoms with Gasteiger partial charge in [0.05, 0.1) is 23.1 Å². The van der Waals surface area contributed by atoms with Crippen LogP contribution < -0.4 is 9.46 Å². The van der Waals surface area contributed by atoms with Crippen LogP contribution in [0.1, 0.15) is 30.8 Å². The standard InChI is InChI=1S/C24H24ClN2O6PS/c1-3-31-34(28,32-4-2)24(18-9-6-5-7-10-18)27-35(29,30)20-15-13-19(14-16-20)33-23-12-8-11-22(25)21(23)17-26/h5-16,24,27H,3-4H2,1-2H3. The lowest BCUT2D eigenvalue weighted by Gasteiger charge is -2.27. The van der Waals surface area contributed by atoms with Crippen molar-refractivity contribution >= 4 is 29.2 Å². The van der Waals surface area contributed by atoms with E-state index in [-0.39, 0.29) is 34.4 Å². The molecule has 3 aromatic carbocycles. The zero-order chi connectivity index (χ0) is 25.5. The molecule has 35 heavy (non-hydrogen) atoms. The van der Waals surface area contributed by atoms with Gasteiger partial charge in [0.25, 0.3) is 0 Å². The fourth-order valence-electron chi connectivity index (χ4n) is 3.22. The third kappa shape index (κ3) is 6.50. The quantitative estimate of drug-likeness (QED) is 0.289. The summed E-state index contributed by atoms with van der Waals surface area (Å²) in [4.78, 5) is -0.0862. The number of hydrogen-bond acceptors (Lipinski definition) is 7. The normalized spacial score (nSPS) is 12.6. The van der Waals surface area contributed by atoms with Gasteiger partial charge in [0.2, 0.25) is 10.0 Å². The number of hydrogen-bond donors (Lipinski definition) is 1. The predicted molar refractivity (Wildman–Crippen MR) is 133 cm³/mol. The molecule has 0 heterocycles. The summed E-state index contributed by atoms with van der Waals surface area (Å²) in [6.45, 7) is 3.45. The van der Waals surface area contributed by atoms with Crippen LogP contribution in [0.5, 0.6) is 11.5 Å². The molecular formula is C24H24ClN2O6PS. The summed E-state index contributed by atoms with van der Waals surface area (Å²) in [5.41, 5.74) is 0.604. The second-order valence-corrected chi connectivity index (χ2v) is 11.3. The molecule has 0 bridgehead atoms. The Bertz CT molecular complexity index is 1330. The second-order valence-electron chi connectivity index (χ2n) is 7.11. The maximum atomic E-state index is 13.5. The Kier molecular flexibility index (Phi) is 9.09. The Morgan fingerprint density at radius 1 is 0.971 bits per heavy atom. The first-order valence-corrected chi connectivity index (χ1v) is 14.1. The third-order valence-electron chi connectivity index (χ3n) is 4.77. The molecule has 3 rings (SSSR count). The lowest BCUT2D eigenvalue weighted by atomic mass is 10.2. The number of nitrogens with zero attached hydrogens (tertiary/aromatic N) is 1. The van der Waals surface area contributed by atoms with Gasteiger partial charge in [-0.05, 0) is 55.8 Å². The molecule has 1 atom stereocenters. The number of rotatable bonds is 11. The maximum Gasteiger partial charge on any atom is 0.352 e. The molecule has 0 fully saturated rings. The van der Waals surface area contributed by atoms with Crippen LogP contribution in [-0.2, 0) is 23.6 Å². The van der Waals surface area contributed by atoms with E-state index >= 15 is 0 Å². The molecule has 0 spiro atoms. The molecule has 0 aliphatic heterocycles. The Morgan fingerprint density at radius 3 is 2.17 bits per heavy atom. The van der Waals surface area contributed by atoms with Crippen LogP contribution in [0.2, 0.25) is 5.02 Å². The van der Waals surface area contributed by atoms with Gasteiger partial charge in [-0.3, -0.25) is 4.57 Å². The van der Waals surface area contributed by atoms with Crippen molar-refractivity contribution in [2.45, 2.75) is 24.5 Å². The fraction of sp³-hybridized carbons (Fsp3) is 0.208. The van der Waals surface area contributed by atoms with Crippen molar-refractivity contribution in [2.24, 2.45) is 0 Å². The zero-order valence-corrected chi connectivity index (χ0v) is 21.5. The summed E-state index contributed by atoms with van der Waals surface area (Å²) in [7, 11) is -8.04. The molecule has 0 amide bonds. The van der Waals surface area contributed by atoms with E-state index < -0.39 is 23.4 Å². The van der Waals surface area contributed by atoms with E-state index in [9.17, 15) is 18.2 Å². The molecular weight excluding hydrogens is 511 g/mol. The summed E-state index contributed by atoms with van der Waals surface area (Å²) in [5.74, 6) is -0.710. The van der Waals surface area contributed by atoms with E-state index in [0.29, 0.717) is 11.3 Å². The van der Waals surface area contributed by atoms with Crippen LogP contribution in [0.3, 0.4) is 0 Å². The molecule has 0 radical (unpaired) electrons. The zero-order valence-electron chi connectivity index (χ0n) is 19.0. The van der Waals surface area contributed by atoms with Gasteiger partial charge < -0.3 is 13.8 Å². The van der Waals surface area contributed by atoms with Crippen molar-refractivity contribution < 1.29 is 26.8 Å². The Labute approximate surface area is 210 Å². The molecule has 0 saturated heterocycles. The van der Waals surface area contributed by atoms with Crippen molar-refractivity contribution in [3.8, 4) is 17.6 Å². The van der Waals surface area contributed by atoms with E-state index in [1.807, 2.05) is 6.07 Å². The van der Waals surface area contributed by atoms with E-state index in [4.69, 9.17) is 25.4 Å². The van der Waals surface area contributed by atoms with Gasteiger partial charge in [-0.15, -0.1) is 0 Å². The molecule has 11 heteroatoms. The second kappa shape index (κ2) is 11.8. The first-order valence-electron chi connectivity index (χ1n) is 10.7. The average molecular weight is 535 g/mol. The molecule has 8 nitrogen and oxygen atoms in total. The van der Waals surface area contributed by atoms with Gasteiger partial charge in [0.15, 0.2) is 0 Å². The molecule has 184 valence electrons. The van der Waals surface area contributed by atoms with Crippen LogP contribution in [0.25, 0.3) is 0 Å². The molecule has 0 saturated carbocycles. The fourth-order valence-corrected chi connectivity index (χ4v) is 7.05. The first kappa shape index (κ1) is 26.9. The van der Waals surface area contributed by atoms with Gasteiger partial charge in [-0.2, -0.15) is 9.98 Å². The van der Waals surface area contributed by atoms with Crippen molar-refractivity contribution in [1.29, 1.82) is 5.26 Å². The SMILES string of the molecule is CCOP(=O)(OCC)C(NS(=O)(=O)c1ccc(Oc2cccc(Cl)c2C#N)cc1)c1ccccc1. The molecule has 0 aliphatic rings. The van der Waals surface area contributed by atoms with Crippen LogP contribution >= 0.6 is 19.2 Å². The van der Waals surface area contributed by atoms with Gasteiger partial charge in [0, 0.05) is 0 Å². The smallest absolute Gasteiger partial charge is 0.352 e. The lowest BCUT2D eigenvalue weighted by molar-refractivity contribution is 0.210. The van der Waals surface area contributed by atoms with Crippen molar-refractivity contribution in [3.63, 3.8) is 0 Å². The van der Waals surface area contributed by atoms with Crippen LogP contribution in [-0.4, -0.2) is 21.6 Å². The van der Waals surface area contributed by atoms with Crippen LogP contribution in [0.4, 0.5) is 0 Å². The summed E-state index contributed by atoms with van der Waals surface area (Å²) in [6, 6.07) is 20.8. The minimum absolute atomic E-state index is 0.0720. The monoisotopic (exact) mass is 534 g/mol. The number of halogens is 1. The first-order chi connectivity index (χ1) is 16.7. The molecule has 3 aromatic rings. The predicted octanol–water partition coefficient (Wildman–Crippen LogP) is 6.25. The largest absolute Gasteiger partial charge is 0.456 e. The van der Waals surface area contributed by atoms with E-state index in [1.54, 1.807) is 62.4 Å². The van der Waals surface area contributed by atoms with Crippen LogP contribution in [0, 0.1) is 11.3 Å². The highest BCUT2D eigenvalue weighted by Crippen LogP contribution is 2.60. The number of nitrogens with one attached hydrogen (secondary N) is 1. The van der Waals surface area contributed by atoms with Gasteiger partial charge in [-0.25, -0.2) is 8.42 Å². The summed E-state index contributed by atoms with van der Waals surface area (Å²) >= 11 is 6.03. The number of nitriles is 1. The third-order valence-corrected chi connectivity index (χ3v) is 8.99. The van der Waals surface area contributed by atoms with Gasteiger partial charge in [-0.1, -0.05) is 48.0 Å². The van der Waals surface area contributed by atoms with Crippen molar-refractivity contribution in [3.05, 3.63) is 88.9 Å². The van der Waals surface area contributed by atoms with Gasteiger partial charge in [0.1, 0.15) is 28.9 Å². The molecule has 0 aliphatic carbocycles. The summed E-state index contributed by atoms with van der Waals surface area (Å²) < 4.78 is 59.1. The number of benzene rings is 3. The molecule has 1 N–H and O–H groups in total. The Morgan fingerprint density at radius 2 is 1.60 bits per heavy atom. The highest BCUT2D eigenvalue weighted by Gasteiger charge is 2.40. The summed E-state index contributed by atoms with van der Waals surface area (Å²) in [6.07, 6.45) is 0. The van der Waals surface area contributed by atoms with Gasteiger partial charge >= 0.3 is 7.60 Å². The minimum Gasteiger partial charge on any atom is -0.456 e. The highest BCUT2D eigenvalue weighted by molar-refractivity contribution is 7.89. The highest BCUT2D eigenvalue weighted by atomic mass is 35.5. The van der Waals surface area contributed by atoms with Crippen LogP contribution in [0.15, 0.2) is 77.7 Å². The number of ether oxygens (including phenoxy) is 1. The maximum absolute atomic E-state index is 13.5. The van der Waals surface area contributed by atoms with E-state index in [1.165, 1.54) is 24.3 Å².